The van der Waals surface area contributed by atoms with Crippen LogP contribution in [-0.2, 0) is 11.3 Å². The van der Waals surface area contributed by atoms with Crippen LogP contribution in [0.25, 0.3) is 0 Å². The molecule has 2 aromatic heterocycles. The molecule has 1 unspecified atom stereocenters. The summed E-state index contributed by atoms with van der Waals surface area (Å²) in [5.41, 5.74) is 1.30. The largest absolute Gasteiger partial charge is 0.467 e. The lowest BCUT2D eigenvalue weighted by Crippen LogP contribution is -2.39. The van der Waals surface area contributed by atoms with Crippen molar-refractivity contribution in [2.24, 2.45) is 5.10 Å². The maximum atomic E-state index is 14.3. The van der Waals surface area contributed by atoms with Crippen LogP contribution >= 0.6 is 22.9 Å². The number of furan rings is 1. The second-order valence-electron chi connectivity index (χ2n) is 7.83. The molecule has 1 aliphatic heterocycles. The van der Waals surface area contributed by atoms with E-state index in [-0.39, 0.29) is 30.4 Å². The highest BCUT2D eigenvalue weighted by Crippen LogP contribution is 2.35. The lowest BCUT2D eigenvalue weighted by molar-refractivity contribution is -0.134. The van der Waals surface area contributed by atoms with Gasteiger partial charge in [-0.3, -0.25) is 9.69 Å². The van der Waals surface area contributed by atoms with Gasteiger partial charge in [-0.1, -0.05) is 23.7 Å². The number of carbonyl (C=O) groups is 1. The molecule has 1 amide bonds. The van der Waals surface area contributed by atoms with Gasteiger partial charge in [0.25, 0.3) is 5.91 Å². The van der Waals surface area contributed by atoms with E-state index in [9.17, 15) is 9.18 Å². The number of hydrogen-bond donors (Lipinski definition) is 0. The molecular formula is C23H21ClFN3O2S. The zero-order valence-corrected chi connectivity index (χ0v) is 18.3. The van der Waals surface area contributed by atoms with Gasteiger partial charge >= 0.3 is 0 Å². The predicted molar refractivity (Wildman–Crippen MR) is 119 cm³/mol. The van der Waals surface area contributed by atoms with E-state index in [2.05, 4.69) is 5.10 Å². The quantitative estimate of drug-likeness (QED) is 0.472. The summed E-state index contributed by atoms with van der Waals surface area (Å²) in [6.07, 6.45) is 4.19. The number of hydrazone groups is 1. The van der Waals surface area contributed by atoms with Gasteiger partial charge in [-0.25, -0.2) is 9.40 Å². The molecule has 1 saturated carbocycles. The number of nitrogens with zero attached hydrogens (tertiary/aromatic N) is 3. The average molecular weight is 458 g/mol. The third-order valence-corrected chi connectivity index (χ3v) is 6.94. The van der Waals surface area contributed by atoms with Crippen molar-refractivity contribution in [1.82, 2.24) is 9.91 Å². The Bertz CT molecular complexity index is 1080. The molecule has 5 rings (SSSR count). The minimum atomic E-state index is -0.349. The maximum Gasteiger partial charge on any atom is 0.257 e. The van der Waals surface area contributed by atoms with E-state index in [0.29, 0.717) is 29.3 Å². The first-order valence-electron chi connectivity index (χ1n) is 10.2. The lowest BCUT2D eigenvalue weighted by Gasteiger charge is -2.26. The molecular weight excluding hydrogens is 437 g/mol. The fourth-order valence-corrected chi connectivity index (χ4v) is 4.86. The predicted octanol–water partition coefficient (Wildman–Crippen LogP) is 5.48. The molecule has 1 atom stereocenters. The van der Waals surface area contributed by atoms with Crippen LogP contribution in [0.4, 0.5) is 4.39 Å². The number of rotatable bonds is 7. The van der Waals surface area contributed by atoms with E-state index < -0.39 is 0 Å². The third kappa shape index (κ3) is 4.31. The summed E-state index contributed by atoms with van der Waals surface area (Å²) in [5.74, 6) is 0.226. The third-order valence-electron chi connectivity index (χ3n) is 5.67. The second-order valence-corrected chi connectivity index (χ2v) is 9.19. The van der Waals surface area contributed by atoms with Crippen LogP contribution in [0.1, 0.15) is 41.5 Å². The molecule has 3 heterocycles. The Morgan fingerprint density at radius 3 is 2.81 bits per heavy atom. The lowest BCUT2D eigenvalue weighted by atomic mass is 10.1. The molecule has 2 aliphatic rings. The van der Waals surface area contributed by atoms with Crippen molar-refractivity contribution in [1.29, 1.82) is 0 Å². The first-order chi connectivity index (χ1) is 15.1. The summed E-state index contributed by atoms with van der Waals surface area (Å²) in [4.78, 5) is 16.4. The Balaban J connectivity index is 1.38. The highest BCUT2D eigenvalue weighted by molar-refractivity contribution is 7.12. The van der Waals surface area contributed by atoms with Gasteiger partial charge in [0.05, 0.1) is 23.4 Å². The first-order valence-corrected chi connectivity index (χ1v) is 11.5. The monoisotopic (exact) mass is 457 g/mol. The van der Waals surface area contributed by atoms with Crippen molar-refractivity contribution in [2.75, 3.05) is 6.54 Å². The zero-order chi connectivity index (χ0) is 21.4. The molecule has 0 saturated heterocycles. The Labute approximate surface area is 188 Å². The Morgan fingerprint density at radius 1 is 1.26 bits per heavy atom. The van der Waals surface area contributed by atoms with Crippen molar-refractivity contribution in [3.8, 4) is 0 Å². The fraction of sp³-hybridized carbons (Fsp3) is 0.304. The van der Waals surface area contributed by atoms with Crippen molar-refractivity contribution in [3.63, 3.8) is 0 Å². The van der Waals surface area contributed by atoms with Gasteiger partial charge in [-0.05, 0) is 48.6 Å². The van der Waals surface area contributed by atoms with Crippen molar-refractivity contribution in [2.45, 2.75) is 37.9 Å². The second kappa shape index (κ2) is 8.57. The summed E-state index contributed by atoms with van der Waals surface area (Å²) in [6.45, 7) is 0.441. The van der Waals surface area contributed by atoms with E-state index in [1.165, 1.54) is 11.1 Å². The van der Waals surface area contributed by atoms with Gasteiger partial charge < -0.3 is 4.42 Å². The standard InChI is InChI=1S/C23H21ClFN3O2S/c24-17-4-1-5-18(25)16(17)13-27(15-8-9-15)14-23(29)28-20(21-6-2-10-30-21)12-19(26-28)22-7-3-11-31-22/h1-7,10-11,15,20H,8-9,12-14H2. The van der Waals surface area contributed by atoms with Crippen LogP contribution in [0.3, 0.4) is 0 Å². The van der Waals surface area contributed by atoms with Gasteiger partial charge in [-0.2, -0.15) is 5.10 Å². The molecule has 3 aromatic rings. The minimum Gasteiger partial charge on any atom is -0.467 e. The molecule has 0 bridgehead atoms. The highest BCUT2D eigenvalue weighted by atomic mass is 35.5. The van der Waals surface area contributed by atoms with E-state index in [1.807, 2.05) is 34.5 Å². The molecule has 0 radical (unpaired) electrons. The summed E-state index contributed by atoms with van der Waals surface area (Å²) in [7, 11) is 0. The molecule has 0 spiro atoms. The van der Waals surface area contributed by atoms with Crippen molar-refractivity contribution >= 4 is 34.6 Å². The molecule has 1 aliphatic carbocycles. The van der Waals surface area contributed by atoms with Gasteiger partial charge in [0.15, 0.2) is 0 Å². The van der Waals surface area contributed by atoms with Crippen LogP contribution in [0.2, 0.25) is 5.02 Å². The molecule has 31 heavy (non-hydrogen) atoms. The Hall–Kier alpha value is -2.48. The molecule has 160 valence electrons. The summed E-state index contributed by atoms with van der Waals surface area (Å²) < 4.78 is 20.0. The molecule has 1 aromatic carbocycles. The van der Waals surface area contributed by atoms with Gasteiger partial charge in [0.1, 0.15) is 17.6 Å². The SMILES string of the molecule is O=C(CN(Cc1c(F)cccc1Cl)C1CC1)N1N=C(c2cccs2)CC1c1ccco1. The number of halogens is 2. The average Bonchev–Trinajstić information content (AvgIpc) is 3.18. The van der Waals surface area contributed by atoms with Crippen LogP contribution in [-0.4, -0.2) is 34.1 Å². The minimum absolute atomic E-state index is 0.132. The number of amides is 1. The number of hydrogen-bond acceptors (Lipinski definition) is 5. The van der Waals surface area contributed by atoms with Gasteiger partial charge in [0.2, 0.25) is 0 Å². The van der Waals surface area contributed by atoms with Crippen molar-refractivity contribution < 1.29 is 13.6 Å². The van der Waals surface area contributed by atoms with Crippen LogP contribution in [0, 0.1) is 5.82 Å². The molecule has 0 N–H and O–H groups in total. The van der Waals surface area contributed by atoms with E-state index in [0.717, 1.165) is 23.4 Å². The number of thiophene rings is 1. The molecule has 5 nitrogen and oxygen atoms in total. The van der Waals surface area contributed by atoms with Crippen LogP contribution in [0.15, 0.2) is 63.6 Å². The summed E-state index contributed by atoms with van der Waals surface area (Å²) >= 11 is 7.84. The van der Waals surface area contributed by atoms with E-state index in [4.69, 9.17) is 16.0 Å². The maximum absolute atomic E-state index is 14.3. The van der Waals surface area contributed by atoms with Crippen LogP contribution < -0.4 is 0 Å². The van der Waals surface area contributed by atoms with Crippen molar-refractivity contribution in [3.05, 3.63) is 81.1 Å². The van der Waals surface area contributed by atoms with E-state index in [1.54, 1.807) is 29.7 Å². The normalized spacial score (nSPS) is 18.6. The highest BCUT2D eigenvalue weighted by Gasteiger charge is 2.38. The Morgan fingerprint density at radius 2 is 2.13 bits per heavy atom. The molecule has 1 fully saturated rings. The number of carbonyl (C=O) groups excluding carboxylic acids is 1. The van der Waals surface area contributed by atoms with Crippen LogP contribution in [0.5, 0.6) is 0 Å². The van der Waals surface area contributed by atoms with Gasteiger partial charge in [-0.15, -0.1) is 11.3 Å². The van der Waals surface area contributed by atoms with E-state index >= 15 is 0 Å². The topological polar surface area (TPSA) is 49.1 Å². The Kier molecular flexibility index (Phi) is 5.65. The fourth-order valence-electron chi connectivity index (χ4n) is 3.92. The summed E-state index contributed by atoms with van der Waals surface area (Å²) in [6, 6.07) is 12.3. The van der Waals surface area contributed by atoms with Gasteiger partial charge in [0, 0.05) is 29.6 Å². The smallest absolute Gasteiger partial charge is 0.257 e. The first kappa shape index (κ1) is 20.4. The zero-order valence-electron chi connectivity index (χ0n) is 16.7. The summed E-state index contributed by atoms with van der Waals surface area (Å²) in [5, 5.41) is 8.58. The molecule has 8 heteroatoms. The number of benzene rings is 1.